The lowest BCUT2D eigenvalue weighted by Crippen LogP contribution is -2.49. The van der Waals surface area contributed by atoms with Crippen molar-refractivity contribution in [2.45, 2.75) is 25.4 Å². The van der Waals surface area contributed by atoms with E-state index in [4.69, 9.17) is 4.74 Å². The summed E-state index contributed by atoms with van der Waals surface area (Å²) in [5.41, 5.74) is 0.680. The third-order valence-corrected chi connectivity index (χ3v) is 6.05. The maximum atomic E-state index is 12.4. The summed E-state index contributed by atoms with van der Waals surface area (Å²) in [6.45, 7) is 4.56. The molecule has 30 heavy (non-hydrogen) atoms. The highest BCUT2D eigenvalue weighted by atomic mass is 32.1. The highest BCUT2D eigenvalue weighted by Gasteiger charge is 2.25. The smallest absolute Gasteiger partial charge is 0.286 e. The molecule has 1 aliphatic heterocycles. The molecule has 2 aromatic rings. The largest absolute Gasteiger partial charge is 0.497 e. The van der Waals surface area contributed by atoms with Gasteiger partial charge >= 0.3 is 0 Å². The summed E-state index contributed by atoms with van der Waals surface area (Å²) in [6, 6.07) is 7.55. The Morgan fingerprint density at radius 1 is 1.10 bits per heavy atom. The van der Waals surface area contributed by atoms with E-state index in [-0.39, 0.29) is 11.8 Å². The summed E-state index contributed by atoms with van der Waals surface area (Å²) in [7, 11) is 1.60. The monoisotopic (exact) mass is 430 g/mol. The molecule has 1 aromatic carbocycles. The quantitative estimate of drug-likeness (QED) is 0.649. The highest BCUT2D eigenvalue weighted by Crippen LogP contribution is 2.19. The predicted molar refractivity (Wildman–Crippen MR) is 114 cm³/mol. The Kier molecular flexibility index (Phi) is 6.56. The van der Waals surface area contributed by atoms with Gasteiger partial charge in [0.1, 0.15) is 10.8 Å². The van der Waals surface area contributed by atoms with Crippen LogP contribution in [0.4, 0.5) is 5.69 Å². The van der Waals surface area contributed by atoms with Gasteiger partial charge in [-0.05, 0) is 37.1 Å². The van der Waals surface area contributed by atoms with Crippen LogP contribution >= 0.6 is 11.3 Å². The third-order valence-electron chi connectivity index (χ3n) is 5.14. The second-order valence-corrected chi connectivity index (χ2v) is 8.64. The van der Waals surface area contributed by atoms with Crippen molar-refractivity contribution in [3.63, 3.8) is 0 Å². The molecule has 2 fully saturated rings. The summed E-state index contributed by atoms with van der Waals surface area (Å²) in [6.07, 6.45) is 2.23. The zero-order valence-electron chi connectivity index (χ0n) is 17.0. The van der Waals surface area contributed by atoms with E-state index in [2.05, 4.69) is 30.6 Å². The molecule has 0 spiro atoms. The Bertz CT molecular complexity index is 875. The molecule has 2 heterocycles. The average Bonchev–Trinajstić information content (AvgIpc) is 3.44. The molecule has 0 atom stereocenters. The topological polar surface area (TPSA) is 99.7 Å². The van der Waals surface area contributed by atoms with Crippen LogP contribution in [0.3, 0.4) is 0 Å². The number of benzene rings is 1. The minimum atomic E-state index is -0.268. The van der Waals surface area contributed by atoms with Crippen molar-refractivity contribution in [3.05, 3.63) is 34.3 Å². The van der Waals surface area contributed by atoms with Crippen molar-refractivity contribution in [1.29, 1.82) is 0 Å². The molecule has 9 nitrogen and oxygen atoms in total. The first kappa shape index (κ1) is 20.7. The van der Waals surface area contributed by atoms with Crippen LogP contribution in [0.5, 0.6) is 5.75 Å². The van der Waals surface area contributed by atoms with Gasteiger partial charge in [-0.1, -0.05) is 11.3 Å². The molecule has 1 saturated heterocycles. The van der Waals surface area contributed by atoms with E-state index in [1.165, 1.54) is 11.3 Å². The molecule has 2 N–H and O–H groups in total. The average molecular weight is 431 g/mol. The van der Waals surface area contributed by atoms with Gasteiger partial charge in [0.2, 0.25) is 10.9 Å². The van der Waals surface area contributed by atoms with Crippen LogP contribution in [0.15, 0.2) is 24.3 Å². The van der Waals surface area contributed by atoms with Gasteiger partial charge < -0.3 is 15.4 Å². The third kappa shape index (κ3) is 5.74. The molecule has 0 radical (unpaired) electrons. The Hall–Kier alpha value is -2.56. The molecular weight excluding hydrogens is 404 g/mol. The molecule has 1 aliphatic carbocycles. The minimum Gasteiger partial charge on any atom is -0.497 e. The molecule has 2 amide bonds. The standard InChI is InChI=1S/C20H26N6O3S/c1-29-16-6-4-15(5-7-16)22-19(28)20-24-23-18(30-20)13-26-10-8-25(9-11-26)12-17(27)21-14-2-3-14/h4-7,14H,2-3,8-13H2,1H3,(H,21,27)(H,22,28). The summed E-state index contributed by atoms with van der Waals surface area (Å²) in [5.74, 6) is 0.591. The molecule has 4 rings (SSSR count). The number of carbonyl (C=O) groups is 2. The van der Waals surface area contributed by atoms with E-state index >= 15 is 0 Å². The second kappa shape index (κ2) is 9.50. The van der Waals surface area contributed by atoms with Crippen molar-refractivity contribution < 1.29 is 14.3 Å². The molecule has 2 aliphatic rings. The Labute approximate surface area is 179 Å². The van der Waals surface area contributed by atoms with E-state index in [0.29, 0.717) is 29.8 Å². The zero-order chi connectivity index (χ0) is 20.9. The van der Waals surface area contributed by atoms with Gasteiger partial charge in [0.25, 0.3) is 5.91 Å². The summed E-state index contributed by atoms with van der Waals surface area (Å²) in [4.78, 5) is 28.8. The van der Waals surface area contributed by atoms with Gasteiger partial charge in [0, 0.05) is 37.9 Å². The second-order valence-electron chi connectivity index (χ2n) is 7.58. The van der Waals surface area contributed by atoms with Gasteiger partial charge in [-0.3, -0.25) is 19.4 Å². The minimum absolute atomic E-state index is 0.127. The number of ether oxygens (including phenoxy) is 1. The van der Waals surface area contributed by atoms with Crippen molar-refractivity contribution in [3.8, 4) is 5.75 Å². The summed E-state index contributed by atoms with van der Waals surface area (Å²) in [5, 5.41) is 15.2. The maximum absolute atomic E-state index is 12.4. The van der Waals surface area contributed by atoms with Crippen molar-refractivity contribution in [2.24, 2.45) is 0 Å². The van der Waals surface area contributed by atoms with Crippen molar-refractivity contribution in [1.82, 2.24) is 25.3 Å². The van der Waals surface area contributed by atoms with Crippen LogP contribution in [-0.4, -0.2) is 77.7 Å². The fourth-order valence-electron chi connectivity index (χ4n) is 3.27. The fraction of sp³-hybridized carbons (Fsp3) is 0.500. The first-order chi connectivity index (χ1) is 14.6. The number of nitrogens with zero attached hydrogens (tertiary/aromatic N) is 4. The molecule has 1 saturated carbocycles. The number of hydrogen-bond donors (Lipinski definition) is 2. The number of rotatable bonds is 8. The Balaban J connectivity index is 1.22. The Morgan fingerprint density at radius 3 is 2.47 bits per heavy atom. The first-order valence-corrected chi connectivity index (χ1v) is 10.9. The molecule has 1 aromatic heterocycles. The number of aromatic nitrogens is 2. The lowest BCUT2D eigenvalue weighted by molar-refractivity contribution is -0.122. The lowest BCUT2D eigenvalue weighted by Gasteiger charge is -2.33. The van der Waals surface area contributed by atoms with Crippen LogP contribution in [0.25, 0.3) is 0 Å². The first-order valence-electron chi connectivity index (χ1n) is 10.1. The van der Waals surface area contributed by atoms with Crippen LogP contribution in [0, 0.1) is 0 Å². The van der Waals surface area contributed by atoms with E-state index in [1.807, 2.05) is 0 Å². The van der Waals surface area contributed by atoms with E-state index in [9.17, 15) is 9.59 Å². The predicted octanol–water partition coefficient (Wildman–Crippen LogP) is 1.20. The number of nitrogens with one attached hydrogen (secondary N) is 2. The van der Waals surface area contributed by atoms with Crippen LogP contribution in [0.1, 0.15) is 27.7 Å². The number of piperazine rings is 1. The fourth-order valence-corrected chi connectivity index (χ4v) is 4.05. The summed E-state index contributed by atoms with van der Waals surface area (Å²) >= 11 is 1.31. The summed E-state index contributed by atoms with van der Waals surface area (Å²) < 4.78 is 5.12. The molecule has 0 unspecified atom stereocenters. The highest BCUT2D eigenvalue weighted by molar-refractivity contribution is 7.13. The SMILES string of the molecule is COc1ccc(NC(=O)c2nnc(CN3CCN(CC(=O)NC4CC4)CC3)s2)cc1. The zero-order valence-corrected chi connectivity index (χ0v) is 17.8. The van der Waals surface area contributed by atoms with Gasteiger partial charge in [0.15, 0.2) is 0 Å². The normalized spacial score (nSPS) is 17.5. The Morgan fingerprint density at radius 2 is 1.80 bits per heavy atom. The van der Waals surface area contributed by atoms with Crippen molar-refractivity contribution >= 4 is 28.8 Å². The van der Waals surface area contributed by atoms with E-state index in [1.54, 1.807) is 31.4 Å². The number of hydrogen-bond acceptors (Lipinski definition) is 8. The van der Waals surface area contributed by atoms with Gasteiger partial charge in [-0.25, -0.2) is 0 Å². The van der Waals surface area contributed by atoms with Crippen LogP contribution in [0.2, 0.25) is 0 Å². The van der Waals surface area contributed by atoms with Gasteiger partial charge in [0.05, 0.1) is 20.2 Å². The van der Waals surface area contributed by atoms with Gasteiger partial charge in [-0.2, -0.15) is 0 Å². The van der Waals surface area contributed by atoms with Crippen LogP contribution in [-0.2, 0) is 11.3 Å². The number of methoxy groups -OCH3 is 1. The van der Waals surface area contributed by atoms with E-state index < -0.39 is 0 Å². The molecule has 0 bridgehead atoms. The molecular formula is C20H26N6O3S. The molecule has 10 heteroatoms. The molecule has 160 valence electrons. The number of amides is 2. The lowest BCUT2D eigenvalue weighted by atomic mass is 10.3. The van der Waals surface area contributed by atoms with Gasteiger partial charge in [-0.15, -0.1) is 10.2 Å². The van der Waals surface area contributed by atoms with Crippen molar-refractivity contribution in [2.75, 3.05) is 45.2 Å². The number of carbonyl (C=O) groups excluding carboxylic acids is 2. The number of anilines is 1. The van der Waals surface area contributed by atoms with Crippen LogP contribution < -0.4 is 15.4 Å². The maximum Gasteiger partial charge on any atom is 0.286 e. The van der Waals surface area contributed by atoms with E-state index in [0.717, 1.165) is 49.8 Å².